The minimum Gasteiger partial charge on any atom is -0.481 e. The summed E-state index contributed by atoms with van der Waals surface area (Å²) >= 11 is 11.9. The van der Waals surface area contributed by atoms with Gasteiger partial charge in [-0.25, -0.2) is 16.8 Å². The molecule has 136 valence electrons. The van der Waals surface area contributed by atoms with Crippen LogP contribution >= 0.6 is 23.2 Å². The average molecular weight is 416 g/mol. The maximum Gasteiger partial charge on any atom is 0.307 e. The lowest BCUT2D eigenvalue weighted by molar-refractivity contribution is -0.136. The van der Waals surface area contributed by atoms with Gasteiger partial charge in [-0.3, -0.25) is 4.79 Å². The van der Waals surface area contributed by atoms with Crippen LogP contribution in [-0.4, -0.2) is 23.5 Å². The highest BCUT2D eigenvalue weighted by atomic mass is 35.5. The molecule has 0 unspecified atom stereocenters. The van der Waals surface area contributed by atoms with Gasteiger partial charge in [0, 0.05) is 16.1 Å². The van der Waals surface area contributed by atoms with Gasteiger partial charge in [0.05, 0.1) is 17.0 Å². The van der Waals surface area contributed by atoms with Gasteiger partial charge in [0.25, 0.3) is 10.0 Å². The number of carboxylic acid groups (broad SMARTS) is 1. The van der Waals surface area contributed by atoms with Crippen molar-refractivity contribution in [1.29, 1.82) is 0 Å². The van der Waals surface area contributed by atoms with E-state index in [1.54, 1.807) is 0 Å². The van der Waals surface area contributed by atoms with Crippen LogP contribution in [-0.2, 0) is 21.2 Å². The van der Waals surface area contributed by atoms with Crippen molar-refractivity contribution in [3.8, 4) is 0 Å². The molecular weight excluding hydrogens is 404 g/mol. The highest BCUT2D eigenvalue weighted by Crippen LogP contribution is 2.33. The third-order valence-electron chi connectivity index (χ3n) is 3.98. The number of carbonyl (C=O) groups is 1. The predicted molar refractivity (Wildman–Crippen MR) is 97.0 cm³/mol. The summed E-state index contributed by atoms with van der Waals surface area (Å²) in [5.74, 6) is -1.75. The number of benzene rings is 2. The Kier molecular flexibility index (Phi) is 4.72. The van der Waals surface area contributed by atoms with Crippen molar-refractivity contribution in [3.05, 3.63) is 63.5 Å². The number of carboxylic acids is 1. The fourth-order valence-electron chi connectivity index (χ4n) is 2.89. The first-order chi connectivity index (χ1) is 12.1. The quantitative estimate of drug-likeness (QED) is 0.690. The van der Waals surface area contributed by atoms with E-state index in [1.165, 1.54) is 31.2 Å². The Balaban J connectivity index is 2.37. The monoisotopic (exact) mass is 415 g/mol. The molecule has 0 atom stereocenters. The first kappa shape index (κ1) is 18.7. The van der Waals surface area contributed by atoms with E-state index in [4.69, 9.17) is 28.3 Å². The van der Waals surface area contributed by atoms with E-state index < -0.39 is 28.2 Å². The number of aromatic nitrogens is 1. The van der Waals surface area contributed by atoms with E-state index in [1.807, 2.05) is 0 Å². The molecule has 0 amide bonds. The van der Waals surface area contributed by atoms with Gasteiger partial charge in [-0.05, 0) is 48.9 Å². The molecule has 3 rings (SSSR count). The lowest BCUT2D eigenvalue weighted by Crippen LogP contribution is -2.15. The number of halogens is 3. The van der Waals surface area contributed by atoms with Gasteiger partial charge in [0.1, 0.15) is 10.7 Å². The third-order valence-corrected chi connectivity index (χ3v) is 6.51. The summed E-state index contributed by atoms with van der Waals surface area (Å²) in [6.07, 6.45) is -0.442. The van der Waals surface area contributed by atoms with Crippen LogP contribution in [0.5, 0.6) is 0 Å². The van der Waals surface area contributed by atoms with Gasteiger partial charge in [0.2, 0.25) is 0 Å². The number of aliphatic carboxylic acids is 1. The van der Waals surface area contributed by atoms with Gasteiger partial charge in [-0.1, -0.05) is 23.2 Å². The molecule has 9 heteroatoms. The van der Waals surface area contributed by atoms with E-state index in [2.05, 4.69) is 0 Å². The van der Waals surface area contributed by atoms with Gasteiger partial charge in [-0.15, -0.1) is 0 Å². The maximum atomic E-state index is 13.7. The lowest BCUT2D eigenvalue weighted by Gasteiger charge is -2.12. The van der Waals surface area contributed by atoms with Crippen LogP contribution in [0.1, 0.15) is 11.3 Å². The van der Waals surface area contributed by atoms with E-state index >= 15 is 0 Å². The standard InChI is InChI=1S/C17H12Cl2FNO4S/c1-9-12(8-17(22)23)13-7-11(20)3-4-15(13)21(9)26(24,25)16-5-2-10(18)6-14(16)19/h2-7H,8H2,1H3,(H,22,23). The van der Waals surface area contributed by atoms with Gasteiger partial charge >= 0.3 is 5.97 Å². The second-order valence-electron chi connectivity index (χ2n) is 5.64. The van der Waals surface area contributed by atoms with Crippen molar-refractivity contribution in [2.24, 2.45) is 0 Å². The smallest absolute Gasteiger partial charge is 0.307 e. The second-order valence-corrected chi connectivity index (χ2v) is 8.24. The minimum atomic E-state index is -4.16. The molecule has 0 spiro atoms. The molecular formula is C17H12Cl2FNO4S. The Hall–Kier alpha value is -2.09. The summed E-state index contributed by atoms with van der Waals surface area (Å²) in [6, 6.07) is 7.49. The van der Waals surface area contributed by atoms with Crippen LogP contribution in [0.15, 0.2) is 41.3 Å². The molecule has 0 bridgehead atoms. The van der Waals surface area contributed by atoms with E-state index in [0.717, 1.165) is 16.1 Å². The van der Waals surface area contributed by atoms with Crippen LogP contribution in [0, 0.1) is 12.7 Å². The van der Waals surface area contributed by atoms with Crippen LogP contribution in [0.3, 0.4) is 0 Å². The summed E-state index contributed by atoms with van der Waals surface area (Å²) in [4.78, 5) is 11.0. The molecule has 1 heterocycles. The minimum absolute atomic E-state index is 0.0688. The van der Waals surface area contributed by atoms with Crippen molar-refractivity contribution in [3.63, 3.8) is 0 Å². The molecule has 0 aliphatic heterocycles. The molecule has 26 heavy (non-hydrogen) atoms. The number of fused-ring (bicyclic) bond motifs is 1. The van der Waals surface area contributed by atoms with E-state index in [0.29, 0.717) is 0 Å². The third kappa shape index (κ3) is 3.06. The van der Waals surface area contributed by atoms with Crippen LogP contribution in [0.25, 0.3) is 10.9 Å². The zero-order chi connectivity index (χ0) is 19.2. The highest BCUT2D eigenvalue weighted by molar-refractivity contribution is 7.90. The lowest BCUT2D eigenvalue weighted by atomic mass is 10.1. The molecule has 0 fully saturated rings. The van der Waals surface area contributed by atoms with Crippen LogP contribution in [0.4, 0.5) is 4.39 Å². The summed E-state index contributed by atoms with van der Waals surface area (Å²) in [6.45, 7) is 1.47. The predicted octanol–water partition coefficient (Wildman–Crippen LogP) is 4.26. The number of nitrogens with zero attached hydrogens (tertiary/aromatic N) is 1. The molecule has 1 N–H and O–H groups in total. The Labute approximate surface area is 158 Å². The normalized spacial score (nSPS) is 11.8. The summed E-state index contributed by atoms with van der Waals surface area (Å²) in [7, 11) is -4.16. The number of rotatable bonds is 4. The molecule has 0 radical (unpaired) electrons. The Bertz CT molecular complexity index is 1160. The largest absolute Gasteiger partial charge is 0.481 e. The number of hydrogen-bond acceptors (Lipinski definition) is 3. The molecule has 0 aliphatic rings. The van der Waals surface area contributed by atoms with Crippen molar-refractivity contribution in [2.45, 2.75) is 18.2 Å². The summed E-state index contributed by atoms with van der Waals surface area (Å²) in [5.41, 5.74) is 0.575. The van der Waals surface area contributed by atoms with Crippen LogP contribution < -0.4 is 0 Å². The van der Waals surface area contributed by atoms with Crippen molar-refractivity contribution in [2.75, 3.05) is 0 Å². The maximum absolute atomic E-state index is 13.7. The molecule has 5 nitrogen and oxygen atoms in total. The molecule has 2 aromatic carbocycles. The van der Waals surface area contributed by atoms with E-state index in [9.17, 15) is 17.6 Å². The van der Waals surface area contributed by atoms with E-state index in [-0.39, 0.29) is 37.1 Å². The Morgan fingerprint density at radius 1 is 1.19 bits per heavy atom. The molecule has 0 aliphatic carbocycles. The molecule has 1 aromatic heterocycles. The number of hydrogen-bond donors (Lipinski definition) is 1. The first-order valence-electron chi connectivity index (χ1n) is 7.35. The summed E-state index contributed by atoms with van der Waals surface area (Å²) in [5, 5.41) is 9.56. The fourth-order valence-corrected chi connectivity index (χ4v) is 5.22. The Morgan fingerprint density at radius 2 is 1.88 bits per heavy atom. The van der Waals surface area contributed by atoms with Crippen LogP contribution in [0.2, 0.25) is 10.0 Å². The SMILES string of the molecule is Cc1c(CC(=O)O)c2cc(F)ccc2n1S(=O)(=O)c1ccc(Cl)cc1Cl. The Morgan fingerprint density at radius 3 is 2.50 bits per heavy atom. The second kappa shape index (κ2) is 6.57. The topological polar surface area (TPSA) is 76.4 Å². The van der Waals surface area contributed by atoms with Gasteiger partial charge in [0.15, 0.2) is 0 Å². The summed E-state index contributed by atoms with van der Waals surface area (Å²) < 4.78 is 41.0. The van der Waals surface area contributed by atoms with Crippen molar-refractivity contribution in [1.82, 2.24) is 3.97 Å². The average Bonchev–Trinajstić information content (AvgIpc) is 2.79. The van der Waals surface area contributed by atoms with Gasteiger partial charge in [-0.2, -0.15) is 0 Å². The first-order valence-corrected chi connectivity index (χ1v) is 9.54. The van der Waals surface area contributed by atoms with Gasteiger partial charge < -0.3 is 5.11 Å². The molecule has 3 aromatic rings. The fraction of sp³-hybridized carbons (Fsp3) is 0.118. The molecule has 0 saturated heterocycles. The zero-order valence-electron chi connectivity index (χ0n) is 13.3. The highest BCUT2D eigenvalue weighted by Gasteiger charge is 2.27. The molecule has 0 saturated carbocycles. The van der Waals surface area contributed by atoms with Crippen molar-refractivity contribution < 1.29 is 22.7 Å². The van der Waals surface area contributed by atoms with Crippen molar-refractivity contribution >= 4 is 50.1 Å². The zero-order valence-corrected chi connectivity index (χ0v) is 15.7.